The summed E-state index contributed by atoms with van der Waals surface area (Å²) in [5.41, 5.74) is 4.08. The Bertz CT molecular complexity index is 1280. The van der Waals surface area contributed by atoms with Gasteiger partial charge in [-0.15, -0.1) is 0 Å². The van der Waals surface area contributed by atoms with Gasteiger partial charge in [-0.3, -0.25) is 0 Å². The summed E-state index contributed by atoms with van der Waals surface area (Å²) in [7, 11) is 2.03. The summed E-state index contributed by atoms with van der Waals surface area (Å²) in [4.78, 5) is 14.1. The monoisotopic (exact) mass is 461 g/mol. The Balaban J connectivity index is 1.35. The van der Waals surface area contributed by atoms with E-state index in [9.17, 15) is 5.11 Å². The van der Waals surface area contributed by atoms with Crippen LogP contribution in [0.1, 0.15) is 19.4 Å². The minimum Gasteiger partial charge on any atom is -0.386 e. The molecule has 1 aliphatic rings. The molecular weight excluding hydrogens is 434 g/mol. The maximum atomic E-state index is 10.2. The molecule has 1 aliphatic heterocycles. The highest BCUT2D eigenvalue weighted by molar-refractivity contribution is 6.33. The van der Waals surface area contributed by atoms with Crippen LogP contribution < -0.4 is 9.80 Å². The van der Waals surface area contributed by atoms with Gasteiger partial charge >= 0.3 is 0 Å². The highest BCUT2D eigenvalue weighted by atomic mass is 35.5. The van der Waals surface area contributed by atoms with Crippen molar-refractivity contribution in [1.82, 2.24) is 14.5 Å². The number of para-hydroxylation sites is 2. The predicted octanol–water partition coefficient (Wildman–Crippen LogP) is 4.84. The van der Waals surface area contributed by atoms with Crippen molar-refractivity contribution in [2.24, 2.45) is 7.05 Å². The van der Waals surface area contributed by atoms with E-state index >= 15 is 0 Å². The van der Waals surface area contributed by atoms with Crippen molar-refractivity contribution in [2.75, 3.05) is 36.0 Å². The van der Waals surface area contributed by atoms with E-state index in [-0.39, 0.29) is 0 Å². The van der Waals surface area contributed by atoms with E-state index in [1.165, 1.54) is 0 Å². The molecule has 0 bridgehead atoms. The zero-order chi connectivity index (χ0) is 23.2. The highest BCUT2D eigenvalue weighted by Gasteiger charge is 2.22. The molecule has 170 valence electrons. The Kier molecular flexibility index (Phi) is 5.51. The number of fused-ring (bicyclic) bond motifs is 1. The third-order valence-corrected chi connectivity index (χ3v) is 6.73. The highest BCUT2D eigenvalue weighted by Crippen LogP contribution is 2.33. The van der Waals surface area contributed by atoms with Gasteiger partial charge in [0.05, 0.1) is 21.7 Å². The third-order valence-electron chi connectivity index (χ3n) is 6.40. The predicted molar refractivity (Wildman–Crippen MR) is 135 cm³/mol. The number of aromatic nitrogens is 3. The minimum absolute atomic E-state index is 0.701. The number of benzene rings is 2. The van der Waals surface area contributed by atoms with Gasteiger partial charge < -0.3 is 19.5 Å². The zero-order valence-electron chi connectivity index (χ0n) is 19.2. The summed E-state index contributed by atoms with van der Waals surface area (Å²) < 4.78 is 2.10. The van der Waals surface area contributed by atoms with Gasteiger partial charge in [0.1, 0.15) is 11.6 Å². The summed E-state index contributed by atoms with van der Waals surface area (Å²) in [5, 5.41) is 10.9. The zero-order valence-corrected chi connectivity index (χ0v) is 19.9. The first-order valence-corrected chi connectivity index (χ1v) is 11.6. The smallest absolute Gasteiger partial charge is 0.142 e. The Labute approximate surface area is 199 Å². The van der Waals surface area contributed by atoms with E-state index in [0.29, 0.717) is 5.02 Å². The third kappa shape index (κ3) is 4.16. The number of nitrogens with zero attached hydrogens (tertiary/aromatic N) is 5. The first-order chi connectivity index (χ1) is 15.8. The Morgan fingerprint density at radius 1 is 0.939 bits per heavy atom. The second-order valence-corrected chi connectivity index (χ2v) is 9.49. The Morgan fingerprint density at radius 2 is 1.67 bits per heavy atom. The van der Waals surface area contributed by atoms with E-state index in [4.69, 9.17) is 16.6 Å². The molecule has 2 aromatic heterocycles. The van der Waals surface area contributed by atoms with Crippen LogP contribution in [0.25, 0.3) is 22.4 Å². The number of aryl methyl sites for hydroxylation is 1. The molecule has 2 aromatic carbocycles. The van der Waals surface area contributed by atoms with Crippen molar-refractivity contribution in [3.05, 3.63) is 71.4 Å². The normalized spacial score (nSPS) is 14.8. The number of pyridine rings is 1. The van der Waals surface area contributed by atoms with Gasteiger partial charge in [0.2, 0.25) is 0 Å². The molecule has 0 aliphatic carbocycles. The average Bonchev–Trinajstić information content (AvgIpc) is 3.15. The molecule has 4 aromatic rings. The Morgan fingerprint density at radius 3 is 2.33 bits per heavy atom. The summed E-state index contributed by atoms with van der Waals surface area (Å²) >= 11 is 6.61. The summed E-state index contributed by atoms with van der Waals surface area (Å²) in [6.45, 7) is 7.07. The number of aliphatic hydroxyl groups is 1. The van der Waals surface area contributed by atoms with Gasteiger partial charge in [-0.2, -0.15) is 0 Å². The number of piperazine rings is 1. The number of rotatable bonds is 4. The van der Waals surface area contributed by atoms with Gasteiger partial charge in [0, 0.05) is 56.2 Å². The second kappa shape index (κ2) is 8.36. The van der Waals surface area contributed by atoms with E-state index < -0.39 is 5.60 Å². The van der Waals surface area contributed by atoms with Crippen LogP contribution in [0, 0.1) is 0 Å². The van der Waals surface area contributed by atoms with Crippen LogP contribution in [-0.4, -0.2) is 45.8 Å². The molecule has 3 heterocycles. The number of imidazole rings is 1. The van der Waals surface area contributed by atoms with Gasteiger partial charge in [-0.05, 0) is 50.2 Å². The van der Waals surface area contributed by atoms with Crippen LogP contribution in [0.5, 0.6) is 0 Å². The Hall–Kier alpha value is -3.09. The molecule has 0 saturated carbocycles. The maximum Gasteiger partial charge on any atom is 0.142 e. The molecule has 1 fully saturated rings. The molecule has 0 radical (unpaired) electrons. The lowest BCUT2D eigenvalue weighted by molar-refractivity contribution is 0.0782. The fourth-order valence-corrected chi connectivity index (χ4v) is 4.60. The maximum absolute atomic E-state index is 10.2. The van der Waals surface area contributed by atoms with Gasteiger partial charge in [-0.1, -0.05) is 29.8 Å². The molecule has 0 amide bonds. The number of hydrogen-bond acceptors (Lipinski definition) is 5. The van der Waals surface area contributed by atoms with Crippen molar-refractivity contribution < 1.29 is 5.11 Å². The molecule has 7 heteroatoms. The van der Waals surface area contributed by atoms with Crippen LogP contribution >= 0.6 is 11.6 Å². The molecule has 6 nitrogen and oxygen atoms in total. The van der Waals surface area contributed by atoms with Crippen LogP contribution in [-0.2, 0) is 12.6 Å². The molecule has 5 rings (SSSR count). The number of halogens is 1. The molecular formula is C26H28ClN5O. The summed E-state index contributed by atoms with van der Waals surface area (Å²) in [6.07, 6.45) is 1.77. The lowest BCUT2D eigenvalue weighted by atomic mass is 10.0. The molecule has 0 atom stereocenters. The molecule has 1 saturated heterocycles. The lowest BCUT2D eigenvalue weighted by Gasteiger charge is -2.37. The van der Waals surface area contributed by atoms with Crippen molar-refractivity contribution in [2.45, 2.75) is 19.4 Å². The van der Waals surface area contributed by atoms with Crippen molar-refractivity contribution in [3.63, 3.8) is 0 Å². The first-order valence-electron chi connectivity index (χ1n) is 11.2. The lowest BCUT2D eigenvalue weighted by Crippen LogP contribution is -2.46. The molecule has 0 spiro atoms. The molecule has 0 unspecified atom stereocenters. The fraction of sp³-hybridized carbons (Fsp3) is 0.308. The van der Waals surface area contributed by atoms with Crippen LogP contribution in [0.4, 0.5) is 11.5 Å². The average molecular weight is 462 g/mol. The number of anilines is 2. The minimum atomic E-state index is -0.879. The largest absolute Gasteiger partial charge is 0.386 e. The van der Waals surface area contributed by atoms with Crippen LogP contribution in [0.3, 0.4) is 0 Å². The first kappa shape index (κ1) is 21.7. The van der Waals surface area contributed by atoms with Crippen LogP contribution in [0.2, 0.25) is 5.02 Å². The van der Waals surface area contributed by atoms with E-state index in [0.717, 1.165) is 65.7 Å². The van der Waals surface area contributed by atoms with Gasteiger partial charge in [0.25, 0.3) is 0 Å². The molecule has 33 heavy (non-hydrogen) atoms. The van der Waals surface area contributed by atoms with Gasteiger partial charge in [0.15, 0.2) is 0 Å². The van der Waals surface area contributed by atoms with Crippen molar-refractivity contribution >= 4 is 34.1 Å². The molecule has 1 N–H and O–H groups in total. The number of hydrogen-bond donors (Lipinski definition) is 1. The standard InChI is InChI=1S/C26H28ClN5O/c1-26(2,33)18-8-11-24(28-17-18)32-14-12-31(13-15-32)19-9-10-21(27)20(16-19)25-29-22-6-4-5-7-23(22)30(25)3/h4-11,16-17,33H,12-15H2,1-3H3. The van der Waals surface area contributed by atoms with Crippen LogP contribution in [0.15, 0.2) is 60.8 Å². The van der Waals surface area contributed by atoms with E-state index in [1.54, 1.807) is 20.0 Å². The second-order valence-electron chi connectivity index (χ2n) is 9.09. The van der Waals surface area contributed by atoms with Gasteiger partial charge in [-0.25, -0.2) is 9.97 Å². The summed E-state index contributed by atoms with van der Waals surface area (Å²) in [5.74, 6) is 1.82. The van der Waals surface area contributed by atoms with Crippen molar-refractivity contribution in [3.8, 4) is 11.4 Å². The van der Waals surface area contributed by atoms with E-state index in [2.05, 4.69) is 37.5 Å². The topological polar surface area (TPSA) is 57.4 Å². The fourth-order valence-electron chi connectivity index (χ4n) is 4.40. The van der Waals surface area contributed by atoms with E-state index in [1.807, 2.05) is 43.4 Å². The van der Waals surface area contributed by atoms with Crippen molar-refractivity contribution in [1.29, 1.82) is 0 Å². The SMILES string of the molecule is Cn1c(-c2cc(N3CCN(c4ccc(C(C)(C)O)cn4)CC3)ccc2Cl)nc2ccccc21. The quantitative estimate of drug-likeness (QED) is 0.471. The summed E-state index contributed by atoms with van der Waals surface area (Å²) in [6, 6.07) is 18.3.